The van der Waals surface area contributed by atoms with Crippen molar-refractivity contribution in [3.8, 4) is 0 Å². The van der Waals surface area contributed by atoms with E-state index in [1.54, 1.807) is 4.90 Å². The molecular weight excluding hydrogens is 266 g/mol. The number of carbonyl (C=O) groups is 2. The van der Waals surface area contributed by atoms with Gasteiger partial charge in [0.05, 0.1) is 0 Å². The minimum absolute atomic E-state index is 0.0497. The number of para-hydroxylation sites is 1. The van der Waals surface area contributed by atoms with Gasteiger partial charge in [-0.05, 0) is 18.1 Å². The van der Waals surface area contributed by atoms with Crippen molar-refractivity contribution in [2.24, 2.45) is 0 Å². The molecule has 1 saturated heterocycles. The van der Waals surface area contributed by atoms with Crippen LogP contribution >= 0.6 is 0 Å². The van der Waals surface area contributed by atoms with Crippen LogP contribution in [0.2, 0.25) is 0 Å². The zero-order chi connectivity index (χ0) is 15.1. The quantitative estimate of drug-likeness (QED) is 0.804. The molecule has 1 aromatic rings. The minimum Gasteiger partial charge on any atom is -0.343 e. The molecule has 0 radical (unpaired) electrons. The highest BCUT2D eigenvalue weighted by atomic mass is 16.1. The van der Waals surface area contributed by atoms with Gasteiger partial charge in [-0.2, -0.15) is 0 Å². The maximum Gasteiger partial charge on any atom is 0.225 e. The Morgan fingerprint density at radius 2 is 1.95 bits per heavy atom. The molecule has 1 fully saturated rings. The molecule has 0 atom stereocenters. The summed E-state index contributed by atoms with van der Waals surface area (Å²) in [7, 11) is 0. The summed E-state index contributed by atoms with van der Waals surface area (Å²) in [5.74, 6) is 0.0497. The van der Waals surface area contributed by atoms with Crippen molar-refractivity contribution < 1.29 is 9.59 Å². The van der Waals surface area contributed by atoms with Gasteiger partial charge in [0.2, 0.25) is 12.3 Å². The van der Waals surface area contributed by atoms with Gasteiger partial charge in [0.15, 0.2) is 0 Å². The average Bonchev–Trinajstić information content (AvgIpc) is 2.54. The molecule has 2 amide bonds. The summed E-state index contributed by atoms with van der Waals surface area (Å²) >= 11 is 0. The van der Waals surface area contributed by atoms with Gasteiger partial charge in [-0.25, -0.2) is 0 Å². The van der Waals surface area contributed by atoms with Crippen molar-refractivity contribution in [3.05, 3.63) is 29.8 Å². The van der Waals surface area contributed by atoms with Crippen molar-refractivity contribution in [2.45, 2.75) is 19.8 Å². The van der Waals surface area contributed by atoms with E-state index < -0.39 is 0 Å². The summed E-state index contributed by atoms with van der Waals surface area (Å²) in [5.41, 5.74) is 2.07. The van der Waals surface area contributed by atoms with Crippen LogP contribution in [0.15, 0.2) is 24.3 Å². The van der Waals surface area contributed by atoms with Crippen molar-refractivity contribution >= 4 is 18.0 Å². The number of piperazine rings is 1. The van der Waals surface area contributed by atoms with E-state index in [9.17, 15) is 9.59 Å². The Hall–Kier alpha value is -1.88. The number of anilines is 1. The summed E-state index contributed by atoms with van der Waals surface area (Å²) in [5, 5.41) is 2.99. The molecule has 114 valence electrons. The van der Waals surface area contributed by atoms with E-state index in [4.69, 9.17) is 0 Å². The lowest BCUT2D eigenvalue weighted by molar-refractivity contribution is -0.120. The molecule has 1 heterocycles. The molecule has 0 bridgehead atoms. The molecule has 0 aromatic heterocycles. The van der Waals surface area contributed by atoms with Gasteiger partial charge in [-0.3, -0.25) is 14.5 Å². The average molecular weight is 289 g/mol. The van der Waals surface area contributed by atoms with Crippen LogP contribution in [0.3, 0.4) is 0 Å². The maximum absolute atomic E-state index is 12.0. The number of rotatable bonds is 6. The normalized spacial score (nSPS) is 15.8. The zero-order valence-electron chi connectivity index (χ0n) is 12.5. The van der Waals surface area contributed by atoms with Crippen LogP contribution < -0.4 is 5.32 Å². The number of hydrogen-bond acceptors (Lipinski definition) is 3. The number of aryl methyl sites for hydroxylation is 1. The fraction of sp³-hybridized carbons (Fsp3) is 0.500. The fourth-order valence-corrected chi connectivity index (χ4v) is 2.52. The van der Waals surface area contributed by atoms with Crippen molar-refractivity contribution in [2.75, 3.05) is 38.0 Å². The van der Waals surface area contributed by atoms with E-state index in [1.165, 1.54) is 0 Å². The third-order valence-electron chi connectivity index (χ3n) is 3.88. The van der Waals surface area contributed by atoms with E-state index in [1.807, 2.05) is 24.3 Å². The van der Waals surface area contributed by atoms with E-state index in [-0.39, 0.29) is 5.91 Å². The van der Waals surface area contributed by atoms with Crippen molar-refractivity contribution in [3.63, 3.8) is 0 Å². The number of benzene rings is 1. The Morgan fingerprint density at radius 3 is 2.62 bits per heavy atom. The molecule has 0 saturated carbocycles. The van der Waals surface area contributed by atoms with Gasteiger partial charge in [-0.15, -0.1) is 0 Å². The molecule has 1 aliphatic heterocycles. The standard InChI is InChI=1S/C16H23N3O2/c1-2-14-5-3-4-6-15(14)17-16(21)7-8-18-9-11-19(13-20)12-10-18/h3-6,13H,2,7-12H2,1H3,(H,17,21). The third kappa shape index (κ3) is 4.56. The molecule has 21 heavy (non-hydrogen) atoms. The van der Waals surface area contributed by atoms with Gasteiger partial charge in [-0.1, -0.05) is 25.1 Å². The second kappa shape index (κ2) is 7.78. The topological polar surface area (TPSA) is 52.7 Å². The zero-order valence-corrected chi connectivity index (χ0v) is 12.5. The molecule has 0 spiro atoms. The first-order chi connectivity index (χ1) is 10.2. The van der Waals surface area contributed by atoms with Crippen LogP contribution in [0.5, 0.6) is 0 Å². The van der Waals surface area contributed by atoms with Crippen molar-refractivity contribution in [1.29, 1.82) is 0 Å². The molecule has 1 aliphatic rings. The molecular formula is C16H23N3O2. The molecule has 2 rings (SSSR count). The SMILES string of the molecule is CCc1ccccc1NC(=O)CCN1CCN(C=O)CC1. The highest BCUT2D eigenvalue weighted by molar-refractivity contribution is 5.91. The molecule has 5 nitrogen and oxygen atoms in total. The molecule has 0 unspecified atom stereocenters. The summed E-state index contributed by atoms with van der Waals surface area (Å²) in [4.78, 5) is 26.7. The lowest BCUT2D eigenvalue weighted by Crippen LogP contribution is -2.46. The van der Waals surface area contributed by atoms with E-state index >= 15 is 0 Å². The Morgan fingerprint density at radius 1 is 1.24 bits per heavy atom. The highest BCUT2D eigenvalue weighted by Gasteiger charge is 2.16. The molecule has 0 aliphatic carbocycles. The Bertz CT molecular complexity index is 482. The summed E-state index contributed by atoms with van der Waals surface area (Å²) < 4.78 is 0. The second-order valence-electron chi connectivity index (χ2n) is 5.29. The predicted molar refractivity (Wildman–Crippen MR) is 83.1 cm³/mol. The van der Waals surface area contributed by atoms with E-state index in [0.29, 0.717) is 6.42 Å². The van der Waals surface area contributed by atoms with Gasteiger partial charge < -0.3 is 10.2 Å². The summed E-state index contributed by atoms with van der Waals surface area (Å²) in [6.45, 7) is 6.02. The second-order valence-corrected chi connectivity index (χ2v) is 5.29. The van der Waals surface area contributed by atoms with E-state index in [0.717, 1.165) is 56.8 Å². The van der Waals surface area contributed by atoms with Crippen LogP contribution in [0.25, 0.3) is 0 Å². The summed E-state index contributed by atoms with van der Waals surface area (Å²) in [6, 6.07) is 7.91. The molecule has 5 heteroatoms. The van der Waals surface area contributed by atoms with E-state index in [2.05, 4.69) is 17.1 Å². The minimum atomic E-state index is 0.0497. The number of carbonyl (C=O) groups excluding carboxylic acids is 2. The fourth-order valence-electron chi connectivity index (χ4n) is 2.52. The van der Waals surface area contributed by atoms with Crippen LogP contribution in [0.4, 0.5) is 5.69 Å². The first-order valence-corrected chi connectivity index (χ1v) is 7.52. The highest BCUT2D eigenvalue weighted by Crippen LogP contribution is 2.15. The first-order valence-electron chi connectivity index (χ1n) is 7.52. The molecule has 1 N–H and O–H groups in total. The lowest BCUT2D eigenvalue weighted by Gasteiger charge is -2.32. The Labute approximate surface area is 125 Å². The van der Waals surface area contributed by atoms with Gasteiger partial charge in [0.25, 0.3) is 0 Å². The lowest BCUT2D eigenvalue weighted by atomic mass is 10.1. The maximum atomic E-state index is 12.0. The van der Waals surface area contributed by atoms with Crippen LogP contribution in [0, 0.1) is 0 Å². The Kier molecular flexibility index (Phi) is 5.75. The third-order valence-corrected chi connectivity index (χ3v) is 3.88. The van der Waals surface area contributed by atoms with Crippen LogP contribution in [0.1, 0.15) is 18.9 Å². The number of amides is 2. The number of hydrogen-bond donors (Lipinski definition) is 1. The van der Waals surface area contributed by atoms with Crippen LogP contribution in [-0.4, -0.2) is 54.8 Å². The summed E-state index contributed by atoms with van der Waals surface area (Å²) in [6.07, 6.45) is 2.29. The number of nitrogens with zero attached hydrogens (tertiary/aromatic N) is 2. The molecule has 1 aromatic carbocycles. The number of nitrogens with one attached hydrogen (secondary N) is 1. The van der Waals surface area contributed by atoms with Crippen molar-refractivity contribution in [1.82, 2.24) is 9.80 Å². The van der Waals surface area contributed by atoms with Gasteiger partial charge >= 0.3 is 0 Å². The smallest absolute Gasteiger partial charge is 0.225 e. The van der Waals surface area contributed by atoms with Gasteiger partial charge in [0.1, 0.15) is 0 Å². The first kappa shape index (κ1) is 15.5. The monoisotopic (exact) mass is 289 g/mol. The predicted octanol–water partition coefficient (Wildman–Crippen LogP) is 1.35. The van der Waals surface area contributed by atoms with Gasteiger partial charge in [0, 0.05) is 44.8 Å². The largest absolute Gasteiger partial charge is 0.343 e. The Balaban J connectivity index is 1.76. The van der Waals surface area contributed by atoms with Crippen LogP contribution in [-0.2, 0) is 16.0 Å².